The van der Waals surface area contributed by atoms with Crippen molar-refractivity contribution >= 4 is 0 Å². The molecule has 1 aromatic rings. The predicted octanol–water partition coefficient (Wildman–Crippen LogP) is 1.24. The topological polar surface area (TPSA) is 53.7 Å². The van der Waals surface area contributed by atoms with Gasteiger partial charge in [0.15, 0.2) is 11.5 Å². The summed E-state index contributed by atoms with van der Waals surface area (Å²) in [6, 6.07) is 5.74. The highest BCUT2D eigenvalue weighted by Crippen LogP contribution is 2.36. The second-order valence-electron chi connectivity index (χ2n) is 3.71. The van der Waals surface area contributed by atoms with Crippen molar-refractivity contribution in [2.75, 3.05) is 20.4 Å². The number of hydrogen-bond acceptors (Lipinski definition) is 4. The van der Waals surface area contributed by atoms with E-state index in [0.717, 1.165) is 17.1 Å². The molecule has 4 nitrogen and oxygen atoms in total. The van der Waals surface area contributed by atoms with Crippen molar-refractivity contribution in [3.8, 4) is 11.5 Å². The summed E-state index contributed by atoms with van der Waals surface area (Å²) in [6.45, 7) is 2.65. The molecule has 0 amide bonds. The molecule has 1 heterocycles. The highest BCUT2D eigenvalue weighted by Gasteiger charge is 2.26. The molecule has 0 aromatic heterocycles. The van der Waals surface area contributed by atoms with Gasteiger partial charge in [-0.25, -0.2) is 0 Å². The Bertz CT molecular complexity index is 361. The van der Waals surface area contributed by atoms with Gasteiger partial charge in [-0.05, 0) is 24.6 Å². The lowest BCUT2D eigenvalue weighted by Crippen LogP contribution is -2.33. The number of benzene rings is 1. The van der Waals surface area contributed by atoms with Gasteiger partial charge in [-0.15, -0.1) is 0 Å². The van der Waals surface area contributed by atoms with Crippen LogP contribution in [0.3, 0.4) is 0 Å². The fourth-order valence-corrected chi connectivity index (χ4v) is 1.54. The van der Waals surface area contributed by atoms with Crippen molar-refractivity contribution in [2.24, 2.45) is 5.73 Å². The lowest BCUT2D eigenvalue weighted by molar-refractivity contribution is 0.00994. The van der Waals surface area contributed by atoms with E-state index in [9.17, 15) is 0 Å². The summed E-state index contributed by atoms with van der Waals surface area (Å²) in [4.78, 5) is 0. The molecule has 0 fully saturated rings. The van der Waals surface area contributed by atoms with Crippen molar-refractivity contribution in [2.45, 2.75) is 12.5 Å². The van der Waals surface area contributed by atoms with Gasteiger partial charge in [-0.3, -0.25) is 0 Å². The largest absolute Gasteiger partial charge is 0.454 e. The summed E-state index contributed by atoms with van der Waals surface area (Å²) < 4.78 is 16.0. The van der Waals surface area contributed by atoms with Crippen LogP contribution in [0.5, 0.6) is 11.5 Å². The molecule has 0 spiro atoms. The van der Waals surface area contributed by atoms with Crippen LogP contribution in [0.2, 0.25) is 0 Å². The third kappa shape index (κ3) is 1.66. The lowest BCUT2D eigenvalue weighted by atomic mass is 9.95. The van der Waals surface area contributed by atoms with Gasteiger partial charge in [0.1, 0.15) is 5.60 Å². The monoisotopic (exact) mass is 209 g/mol. The molecule has 0 saturated carbocycles. The van der Waals surface area contributed by atoms with Crippen molar-refractivity contribution < 1.29 is 14.2 Å². The van der Waals surface area contributed by atoms with E-state index in [1.165, 1.54) is 0 Å². The van der Waals surface area contributed by atoms with Crippen LogP contribution in [-0.2, 0) is 10.3 Å². The van der Waals surface area contributed by atoms with Crippen molar-refractivity contribution in [1.29, 1.82) is 0 Å². The van der Waals surface area contributed by atoms with Crippen molar-refractivity contribution in [1.82, 2.24) is 0 Å². The molecule has 82 valence electrons. The Hall–Kier alpha value is -1.26. The molecule has 1 aliphatic rings. The Morgan fingerprint density at radius 2 is 2.13 bits per heavy atom. The van der Waals surface area contributed by atoms with Gasteiger partial charge >= 0.3 is 0 Å². The maximum atomic E-state index is 5.70. The van der Waals surface area contributed by atoms with Gasteiger partial charge in [0.25, 0.3) is 0 Å². The van der Waals surface area contributed by atoms with E-state index in [2.05, 4.69) is 0 Å². The highest BCUT2D eigenvalue weighted by atomic mass is 16.7. The van der Waals surface area contributed by atoms with Crippen LogP contribution in [0, 0.1) is 0 Å². The van der Waals surface area contributed by atoms with Gasteiger partial charge < -0.3 is 19.9 Å². The molecule has 2 N–H and O–H groups in total. The quantitative estimate of drug-likeness (QED) is 0.813. The van der Waals surface area contributed by atoms with Crippen LogP contribution in [0.4, 0.5) is 0 Å². The Kier molecular flexibility index (Phi) is 2.54. The summed E-state index contributed by atoms with van der Waals surface area (Å²) in [5.41, 5.74) is 6.22. The van der Waals surface area contributed by atoms with E-state index in [-0.39, 0.29) is 6.79 Å². The molecule has 0 aliphatic carbocycles. The first-order valence-corrected chi connectivity index (χ1v) is 4.85. The minimum atomic E-state index is -0.471. The molecule has 0 saturated heterocycles. The SMILES string of the molecule is COC(C)(CN)c1ccc2c(c1)OCO2. The molecule has 1 unspecified atom stereocenters. The van der Waals surface area contributed by atoms with E-state index in [1.807, 2.05) is 25.1 Å². The van der Waals surface area contributed by atoms with Crippen molar-refractivity contribution in [3.63, 3.8) is 0 Å². The number of ether oxygens (including phenoxy) is 3. The standard InChI is InChI=1S/C11H15NO3/c1-11(6-12,13-2)8-3-4-9-10(5-8)15-7-14-9/h3-5H,6-7,12H2,1-2H3. The third-order valence-corrected chi connectivity index (χ3v) is 2.82. The Morgan fingerprint density at radius 3 is 2.80 bits per heavy atom. The van der Waals surface area contributed by atoms with Crippen LogP contribution in [-0.4, -0.2) is 20.4 Å². The van der Waals surface area contributed by atoms with Gasteiger partial charge in [0, 0.05) is 13.7 Å². The molecule has 1 aromatic carbocycles. The van der Waals surface area contributed by atoms with Gasteiger partial charge in [0.2, 0.25) is 6.79 Å². The lowest BCUT2D eigenvalue weighted by Gasteiger charge is -2.26. The minimum absolute atomic E-state index is 0.283. The smallest absolute Gasteiger partial charge is 0.231 e. The first-order chi connectivity index (χ1) is 7.19. The Balaban J connectivity index is 2.37. The molecular formula is C11H15NO3. The zero-order chi connectivity index (χ0) is 10.9. The van der Waals surface area contributed by atoms with Crippen LogP contribution in [0.25, 0.3) is 0 Å². The fraction of sp³-hybridized carbons (Fsp3) is 0.455. The molecule has 2 rings (SSSR count). The van der Waals surface area contributed by atoms with Crippen molar-refractivity contribution in [3.05, 3.63) is 23.8 Å². The van der Waals surface area contributed by atoms with Crippen LogP contribution in [0.1, 0.15) is 12.5 Å². The number of nitrogens with two attached hydrogens (primary N) is 1. The number of fused-ring (bicyclic) bond motifs is 1. The number of rotatable bonds is 3. The summed E-state index contributed by atoms with van der Waals surface area (Å²) >= 11 is 0. The first-order valence-electron chi connectivity index (χ1n) is 4.85. The van der Waals surface area contributed by atoms with E-state index in [0.29, 0.717) is 6.54 Å². The highest BCUT2D eigenvalue weighted by molar-refractivity contribution is 5.46. The average molecular weight is 209 g/mol. The van der Waals surface area contributed by atoms with Crippen LogP contribution in [0.15, 0.2) is 18.2 Å². The number of hydrogen-bond donors (Lipinski definition) is 1. The molecule has 4 heteroatoms. The van der Waals surface area contributed by atoms with E-state index < -0.39 is 5.60 Å². The number of methoxy groups -OCH3 is 1. The molecule has 15 heavy (non-hydrogen) atoms. The molecule has 0 bridgehead atoms. The summed E-state index contributed by atoms with van der Waals surface area (Å²) in [7, 11) is 1.65. The van der Waals surface area contributed by atoms with Gasteiger partial charge in [-0.2, -0.15) is 0 Å². The first kappa shape index (κ1) is 10.3. The maximum absolute atomic E-state index is 5.70. The van der Waals surface area contributed by atoms with E-state index in [1.54, 1.807) is 7.11 Å². The van der Waals surface area contributed by atoms with Crippen LogP contribution >= 0.6 is 0 Å². The summed E-state index contributed by atoms with van der Waals surface area (Å²) in [5, 5.41) is 0. The summed E-state index contributed by atoms with van der Waals surface area (Å²) in [5.74, 6) is 1.53. The summed E-state index contributed by atoms with van der Waals surface area (Å²) in [6.07, 6.45) is 0. The molecule has 1 aliphatic heterocycles. The zero-order valence-corrected chi connectivity index (χ0v) is 8.95. The third-order valence-electron chi connectivity index (χ3n) is 2.82. The van der Waals surface area contributed by atoms with Gasteiger partial charge in [0.05, 0.1) is 0 Å². The molecule has 0 radical (unpaired) electrons. The normalized spacial score (nSPS) is 17.5. The fourth-order valence-electron chi connectivity index (χ4n) is 1.54. The second kappa shape index (κ2) is 3.72. The maximum Gasteiger partial charge on any atom is 0.231 e. The second-order valence-corrected chi connectivity index (χ2v) is 3.71. The van der Waals surface area contributed by atoms with Crippen LogP contribution < -0.4 is 15.2 Å². The average Bonchev–Trinajstić information content (AvgIpc) is 2.74. The predicted molar refractivity (Wildman–Crippen MR) is 56.0 cm³/mol. The molecule has 1 atom stereocenters. The zero-order valence-electron chi connectivity index (χ0n) is 8.95. The van der Waals surface area contributed by atoms with E-state index >= 15 is 0 Å². The van der Waals surface area contributed by atoms with E-state index in [4.69, 9.17) is 19.9 Å². The minimum Gasteiger partial charge on any atom is -0.454 e. The Labute approximate surface area is 88.9 Å². The molecular weight excluding hydrogens is 194 g/mol. The Morgan fingerprint density at radius 1 is 1.40 bits per heavy atom. The van der Waals surface area contributed by atoms with Gasteiger partial charge in [-0.1, -0.05) is 6.07 Å².